The quantitative estimate of drug-likeness (QED) is 0.862. The molecule has 0 spiro atoms. The van der Waals surface area contributed by atoms with Crippen LogP contribution in [0.5, 0.6) is 0 Å². The highest BCUT2D eigenvalue weighted by molar-refractivity contribution is 5.52. The third-order valence-corrected chi connectivity index (χ3v) is 4.67. The minimum atomic E-state index is -0.862. The van der Waals surface area contributed by atoms with E-state index in [1.807, 2.05) is 13.8 Å². The Balaban J connectivity index is 2.63. The molecule has 0 saturated carbocycles. The molecule has 2 N–H and O–H groups in total. The number of hydrogen-bond donors (Lipinski definition) is 1. The summed E-state index contributed by atoms with van der Waals surface area (Å²) in [7, 11) is 0. The molecule has 0 aliphatic rings. The molecule has 21 heavy (non-hydrogen) atoms. The summed E-state index contributed by atoms with van der Waals surface area (Å²) in [6.45, 7) is 10.3. The summed E-state index contributed by atoms with van der Waals surface area (Å²) >= 11 is 0. The van der Waals surface area contributed by atoms with Gasteiger partial charge in [0.1, 0.15) is 0 Å². The Morgan fingerprint density at radius 3 is 1.71 bits per heavy atom. The van der Waals surface area contributed by atoms with Gasteiger partial charge in [-0.1, -0.05) is 6.07 Å². The third-order valence-electron chi connectivity index (χ3n) is 4.67. The summed E-state index contributed by atoms with van der Waals surface area (Å²) < 4.78 is 26.5. The summed E-state index contributed by atoms with van der Waals surface area (Å²) in [5.74, 6) is -1.71. The molecule has 0 aliphatic heterocycles. The smallest absolute Gasteiger partial charge is 0.159 e. The monoisotopic (exact) mass is 289 g/mol. The third kappa shape index (κ3) is 2.58. The van der Waals surface area contributed by atoms with Crippen LogP contribution < -0.4 is 5.73 Å². The van der Waals surface area contributed by atoms with Gasteiger partial charge in [0, 0.05) is 0 Å². The van der Waals surface area contributed by atoms with Crippen LogP contribution in [0.1, 0.15) is 45.0 Å². The first kappa shape index (κ1) is 15.6. The van der Waals surface area contributed by atoms with Crippen molar-refractivity contribution in [1.29, 1.82) is 0 Å². The number of nitrogens with two attached hydrogens (primary N) is 1. The minimum absolute atomic E-state index is 0.460. The molecule has 1 atom stereocenters. The zero-order valence-electron chi connectivity index (χ0n) is 13.1. The molecule has 0 saturated heterocycles. The second-order valence-corrected chi connectivity index (χ2v) is 5.69. The number of benzene rings is 2. The van der Waals surface area contributed by atoms with Crippen molar-refractivity contribution in [2.24, 2.45) is 5.73 Å². The fourth-order valence-electron chi connectivity index (χ4n) is 2.87. The number of halogens is 2. The molecule has 0 aliphatic carbocycles. The van der Waals surface area contributed by atoms with Gasteiger partial charge in [0.25, 0.3) is 0 Å². The summed E-state index contributed by atoms with van der Waals surface area (Å²) in [5, 5.41) is 0. The lowest BCUT2D eigenvalue weighted by Gasteiger charge is -2.23. The molecule has 0 heterocycles. The van der Waals surface area contributed by atoms with Gasteiger partial charge in [-0.05, 0) is 85.7 Å². The van der Waals surface area contributed by atoms with Gasteiger partial charge in [0.2, 0.25) is 0 Å². The van der Waals surface area contributed by atoms with E-state index in [-0.39, 0.29) is 0 Å². The van der Waals surface area contributed by atoms with Gasteiger partial charge in [0.05, 0.1) is 6.04 Å². The summed E-state index contributed by atoms with van der Waals surface area (Å²) in [6, 6.07) is 3.40. The van der Waals surface area contributed by atoms with Crippen LogP contribution in [0.3, 0.4) is 0 Å². The molecular weight excluding hydrogens is 268 g/mol. The Morgan fingerprint density at radius 1 is 0.762 bits per heavy atom. The molecule has 1 nitrogen and oxygen atoms in total. The van der Waals surface area contributed by atoms with Crippen molar-refractivity contribution in [2.45, 2.75) is 40.7 Å². The first-order valence-electron chi connectivity index (χ1n) is 7.03. The average molecular weight is 289 g/mol. The van der Waals surface area contributed by atoms with Crippen molar-refractivity contribution in [3.8, 4) is 0 Å². The summed E-state index contributed by atoms with van der Waals surface area (Å²) in [6.07, 6.45) is 0. The normalized spacial score (nSPS) is 12.6. The van der Waals surface area contributed by atoms with E-state index >= 15 is 0 Å². The fourth-order valence-corrected chi connectivity index (χ4v) is 2.87. The van der Waals surface area contributed by atoms with E-state index in [0.29, 0.717) is 5.56 Å². The highest BCUT2D eigenvalue weighted by Gasteiger charge is 2.19. The highest BCUT2D eigenvalue weighted by Crippen LogP contribution is 2.32. The molecule has 2 rings (SSSR count). The van der Waals surface area contributed by atoms with Crippen molar-refractivity contribution in [3.05, 3.63) is 68.8 Å². The Bertz CT molecular complexity index is 676. The SMILES string of the molecule is Cc1c(C)c(C)c(C(N)c2ccc(F)c(F)c2)c(C)c1C. The van der Waals surface area contributed by atoms with Gasteiger partial charge in [0.15, 0.2) is 11.6 Å². The molecule has 0 radical (unpaired) electrons. The van der Waals surface area contributed by atoms with E-state index in [1.165, 1.54) is 22.8 Å². The Hall–Kier alpha value is -1.74. The first-order chi connectivity index (χ1) is 9.75. The van der Waals surface area contributed by atoms with E-state index in [2.05, 4.69) is 20.8 Å². The summed E-state index contributed by atoms with van der Waals surface area (Å²) in [4.78, 5) is 0. The molecule has 0 bridgehead atoms. The maximum atomic E-state index is 13.4. The maximum absolute atomic E-state index is 13.4. The highest BCUT2D eigenvalue weighted by atomic mass is 19.2. The predicted molar refractivity (Wildman–Crippen MR) is 82.5 cm³/mol. The van der Waals surface area contributed by atoms with Crippen LogP contribution in [0, 0.1) is 46.3 Å². The van der Waals surface area contributed by atoms with Crippen LogP contribution in [-0.2, 0) is 0 Å². The Labute approximate surface area is 124 Å². The van der Waals surface area contributed by atoms with Crippen molar-refractivity contribution in [1.82, 2.24) is 0 Å². The summed E-state index contributed by atoms with van der Waals surface area (Å²) in [5.41, 5.74) is 13.8. The van der Waals surface area contributed by atoms with Crippen molar-refractivity contribution >= 4 is 0 Å². The topological polar surface area (TPSA) is 26.0 Å². The molecule has 2 aromatic carbocycles. The van der Waals surface area contributed by atoms with Gasteiger partial charge in [-0.15, -0.1) is 0 Å². The predicted octanol–water partition coefficient (Wildman–Crippen LogP) is 4.56. The standard InChI is InChI=1S/C18H21F2N/c1-9-10(2)12(4)17(13(5)11(9)3)18(21)14-6-7-15(19)16(20)8-14/h6-8,18H,21H2,1-5H3. The van der Waals surface area contributed by atoms with E-state index in [9.17, 15) is 8.78 Å². The van der Waals surface area contributed by atoms with Crippen LogP contribution >= 0.6 is 0 Å². The van der Waals surface area contributed by atoms with Gasteiger partial charge in [-0.3, -0.25) is 0 Å². The van der Waals surface area contributed by atoms with Crippen molar-refractivity contribution < 1.29 is 8.78 Å². The van der Waals surface area contributed by atoms with Gasteiger partial charge in [-0.2, -0.15) is 0 Å². The van der Waals surface area contributed by atoms with Crippen molar-refractivity contribution in [2.75, 3.05) is 0 Å². The van der Waals surface area contributed by atoms with Gasteiger partial charge in [-0.25, -0.2) is 8.78 Å². The number of rotatable bonds is 2. The number of hydrogen-bond acceptors (Lipinski definition) is 1. The lowest BCUT2D eigenvalue weighted by Crippen LogP contribution is -2.17. The second kappa shape index (κ2) is 5.57. The minimum Gasteiger partial charge on any atom is -0.320 e. The van der Waals surface area contributed by atoms with Crippen molar-refractivity contribution in [3.63, 3.8) is 0 Å². The molecule has 2 aromatic rings. The molecular formula is C18H21F2N. The second-order valence-electron chi connectivity index (χ2n) is 5.69. The average Bonchev–Trinajstić information content (AvgIpc) is 2.46. The van der Waals surface area contributed by atoms with E-state index in [1.54, 1.807) is 6.07 Å². The van der Waals surface area contributed by atoms with E-state index < -0.39 is 17.7 Å². The van der Waals surface area contributed by atoms with Crippen LogP contribution in [0.15, 0.2) is 18.2 Å². The van der Waals surface area contributed by atoms with Crippen LogP contribution in [-0.4, -0.2) is 0 Å². The zero-order valence-corrected chi connectivity index (χ0v) is 13.1. The fraction of sp³-hybridized carbons (Fsp3) is 0.333. The van der Waals surface area contributed by atoms with E-state index in [0.717, 1.165) is 22.8 Å². The molecule has 1 unspecified atom stereocenters. The lowest BCUT2D eigenvalue weighted by molar-refractivity contribution is 0.506. The maximum Gasteiger partial charge on any atom is 0.159 e. The molecule has 112 valence electrons. The Morgan fingerprint density at radius 2 is 1.24 bits per heavy atom. The lowest BCUT2D eigenvalue weighted by atomic mass is 9.84. The molecule has 0 aromatic heterocycles. The largest absolute Gasteiger partial charge is 0.320 e. The Kier molecular flexibility index (Phi) is 4.15. The zero-order chi connectivity index (χ0) is 15.9. The van der Waals surface area contributed by atoms with Gasteiger partial charge >= 0.3 is 0 Å². The first-order valence-corrected chi connectivity index (χ1v) is 7.03. The van der Waals surface area contributed by atoms with E-state index in [4.69, 9.17) is 5.73 Å². The molecule has 0 amide bonds. The van der Waals surface area contributed by atoms with Crippen LogP contribution in [0.2, 0.25) is 0 Å². The molecule has 0 fully saturated rings. The van der Waals surface area contributed by atoms with Crippen LogP contribution in [0.25, 0.3) is 0 Å². The van der Waals surface area contributed by atoms with Crippen LogP contribution in [0.4, 0.5) is 8.78 Å². The molecule has 3 heteroatoms. The van der Waals surface area contributed by atoms with Gasteiger partial charge < -0.3 is 5.73 Å².